The minimum absolute atomic E-state index is 0.0430. The third kappa shape index (κ3) is 3.21. The van der Waals surface area contributed by atoms with E-state index in [1.54, 1.807) is 23.7 Å². The Labute approximate surface area is 139 Å². The number of aromatic nitrogens is 4. The fourth-order valence-corrected chi connectivity index (χ4v) is 2.71. The Morgan fingerprint density at radius 3 is 2.42 bits per heavy atom. The van der Waals surface area contributed by atoms with Crippen molar-refractivity contribution in [2.45, 2.75) is 39.8 Å². The van der Waals surface area contributed by atoms with Crippen LogP contribution in [-0.2, 0) is 0 Å². The van der Waals surface area contributed by atoms with Crippen molar-refractivity contribution >= 4 is 0 Å². The first-order valence-electron chi connectivity index (χ1n) is 7.82. The fraction of sp³-hybridized carbons (Fsp3) is 0.353. The molecule has 24 heavy (non-hydrogen) atoms. The van der Waals surface area contributed by atoms with Gasteiger partial charge in [0.05, 0.1) is 17.9 Å². The largest absolute Gasteiger partial charge is 0.424 e. The molecule has 1 N–H and O–H groups in total. The number of hydrogen-bond acceptors (Lipinski definition) is 5. The standard InChI is InChI=1S/C17H20FN5O/c1-10(20-11(2)17-22-21-13(4)24-17)16-9-19-23(12(16)3)15-7-5-14(18)6-8-15/h5-11,20H,1-4H3/t10-,11-/m1/s1. The second kappa shape index (κ2) is 6.52. The van der Waals surface area contributed by atoms with Crippen LogP contribution in [0.1, 0.15) is 49.0 Å². The van der Waals surface area contributed by atoms with Gasteiger partial charge in [0.2, 0.25) is 11.8 Å². The van der Waals surface area contributed by atoms with E-state index in [0.717, 1.165) is 16.9 Å². The van der Waals surface area contributed by atoms with Crippen molar-refractivity contribution in [3.63, 3.8) is 0 Å². The first kappa shape index (κ1) is 16.3. The topological polar surface area (TPSA) is 68.8 Å². The molecule has 0 amide bonds. The molecule has 2 heterocycles. The highest BCUT2D eigenvalue weighted by Gasteiger charge is 2.19. The van der Waals surface area contributed by atoms with Crippen molar-refractivity contribution in [1.82, 2.24) is 25.3 Å². The minimum Gasteiger partial charge on any atom is -0.424 e. The van der Waals surface area contributed by atoms with Crippen molar-refractivity contribution in [2.24, 2.45) is 0 Å². The van der Waals surface area contributed by atoms with Crippen LogP contribution in [-0.4, -0.2) is 20.0 Å². The minimum atomic E-state index is -0.262. The van der Waals surface area contributed by atoms with E-state index in [2.05, 4.69) is 27.5 Å². The highest BCUT2D eigenvalue weighted by molar-refractivity contribution is 5.35. The van der Waals surface area contributed by atoms with Gasteiger partial charge in [-0.3, -0.25) is 5.32 Å². The maximum absolute atomic E-state index is 13.1. The summed E-state index contributed by atoms with van der Waals surface area (Å²) >= 11 is 0. The normalized spacial score (nSPS) is 13.9. The molecular weight excluding hydrogens is 309 g/mol. The van der Waals surface area contributed by atoms with Crippen LogP contribution in [0.4, 0.5) is 4.39 Å². The smallest absolute Gasteiger partial charge is 0.233 e. The van der Waals surface area contributed by atoms with Crippen LogP contribution in [0, 0.1) is 19.7 Å². The van der Waals surface area contributed by atoms with Crippen LogP contribution in [0.15, 0.2) is 34.9 Å². The SMILES string of the molecule is Cc1nnc([C@@H](C)N[C@H](C)c2cnn(-c3ccc(F)cc3)c2C)o1. The molecule has 0 unspecified atom stereocenters. The van der Waals surface area contributed by atoms with Crippen LogP contribution in [0.3, 0.4) is 0 Å². The van der Waals surface area contributed by atoms with Gasteiger partial charge in [-0.1, -0.05) is 0 Å². The summed E-state index contributed by atoms with van der Waals surface area (Å²) in [4.78, 5) is 0. The second-order valence-corrected chi connectivity index (χ2v) is 5.84. The molecule has 0 spiro atoms. The summed E-state index contributed by atoms with van der Waals surface area (Å²) in [7, 11) is 0. The Hall–Kier alpha value is -2.54. The second-order valence-electron chi connectivity index (χ2n) is 5.84. The van der Waals surface area contributed by atoms with E-state index >= 15 is 0 Å². The van der Waals surface area contributed by atoms with Gasteiger partial charge in [0.25, 0.3) is 0 Å². The molecule has 3 rings (SSSR count). The molecule has 2 atom stereocenters. The van der Waals surface area contributed by atoms with Gasteiger partial charge in [0.15, 0.2) is 0 Å². The molecule has 0 saturated carbocycles. The molecule has 3 aromatic rings. The zero-order valence-corrected chi connectivity index (χ0v) is 14.1. The highest BCUT2D eigenvalue weighted by Crippen LogP contribution is 2.23. The number of halogens is 1. The van der Waals surface area contributed by atoms with E-state index < -0.39 is 0 Å². The predicted octanol–water partition coefficient (Wildman–Crippen LogP) is 3.42. The molecule has 0 bridgehead atoms. The van der Waals surface area contributed by atoms with Crippen molar-refractivity contribution in [3.8, 4) is 5.69 Å². The van der Waals surface area contributed by atoms with Crippen LogP contribution in [0.5, 0.6) is 0 Å². The summed E-state index contributed by atoms with van der Waals surface area (Å²) < 4.78 is 20.3. The third-order valence-corrected chi connectivity index (χ3v) is 4.00. The van der Waals surface area contributed by atoms with Gasteiger partial charge in [-0.25, -0.2) is 9.07 Å². The Morgan fingerprint density at radius 2 is 1.79 bits per heavy atom. The summed E-state index contributed by atoms with van der Waals surface area (Å²) in [6.45, 7) is 7.79. The van der Waals surface area contributed by atoms with Gasteiger partial charge in [-0.2, -0.15) is 5.10 Å². The Kier molecular flexibility index (Phi) is 4.44. The van der Waals surface area contributed by atoms with Gasteiger partial charge in [-0.15, -0.1) is 10.2 Å². The monoisotopic (exact) mass is 329 g/mol. The summed E-state index contributed by atoms with van der Waals surface area (Å²) in [5, 5.41) is 15.7. The van der Waals surface area contributed by atoms with E-state index in [-0.39, 0.29) is 17.9 Å². The van der Waals surface area contributed by atoms with Gasteiger partial charge in [0, 0.05) is 24.2 Å². The first-order valence-corrected chi connectivity index (χ1v) is 7.82. The summed E-state index contributed by atoms with van der Waals surface area (Å²) in [5.41, 5.74) is 2.88. The number of rotatable bonds is 5. The molecule has 0 aliphatic rings. The maximum Gasteiger partial charge on any atom is 0.233 e. The number of nitrogens with zero attached hydrogens (tertiary/aromatic N) is 4. The summed E-state index contributed by atoms with van der Waals surface area (Å²) in [6, 6.07) is 6.24. The quantitative estimate of drug-likeness (QED) is 0.777. The van der Waals surface area contributed by atoms with E-state index in [0.29, 0.717) is 11.8 Å². The summed E-state index contributed by atoms with van der Waals surface area (Å²) in [6.07, 6.45) is 1.82. The molecule has 2 aromatic heterocycles. The zero-order chi connectivity index (χ0) is 17.3. The van der Waals surface area contributed by atoms with E-state index in [1.165, 1.54) is 12.1 Å². The lowest BCUT2D eigenvalue weighted by Crippen LogP contribution is -2.23. The molecule has 0 radical (unpaired) electrons. The van der Waals surface area contributed by atoms with Crippen LogP contribution < -0.4 is 5.32 Å². The van der Waals surface area contributed by atoms with E-state index in [9.17, 15) is 4.39 Å². The Balaban J connectivity index is 1.78. The average Bonchev–Trinajstić information content (AvgIpc) is 3.14. The molecule has 1 aromatic carbocycles. The Bertz CT molecular complexity index is 824. The van der Waals surface area contributed by atoms with Crippen molar-refractivity contribution in [2.75, 3.05) is 0 Å². The molecule has 0 saturated heterocycles. The van der Waals surface area contributed by atoms with Gasteiger partial charge >= 0.3 is 0 Å². The van der Waals surface area contributed by atoms with E-state index in [1.807, 2.05) is 20.0 Å². The number of benzene rings is 1. The van der Waals surface area contributed by atoms with Gasteiger partial charge in [0.1, 0.15) is 5.82 Å². The average molecular weight is 329 g/mol. The first-order chi connectivity index (χ1) is 11.5. The van der Waals surface area contributed by atoms with Gasteiger partial charge in [-0.05, 0) is 45.0 Å². The number of nitrogens with one attached hydrogen (secondary N) is 1. The lowest BCUT2D eigenvalue weighted by molar-refractivity contribution is 0.379. The molecule has 0 fully saturated rings. The molecule has 0 aliphatic heterocycles. The van der Waals surface area contributed by atoms with Crippen LogP contribution >= 0.6 is 0 Å². The molecule has 126 valence electrons. The summed E-state index contributed by atoms with van der Waals surface area (Å²) in [5.74, 6) is 0.844. The number of aryl methyl sites for hydroxylation is 1. The zero-order valence-electron chi connectivity index (χ0n) is 14.1. The third-order valence-electron chi connectivity index (χ3n) is 4.00. The Morgan fingerprint density at radius 1 is 1.08 bits per heavy atom. The van der Waals surface area contributed by atoms with Crippen molar-refractivity contribution in [3.05, 3.63) is 59.3 Å². The van der Waals surface area contributed by atoms with Gasteiger partial charge < -0.3 is 4.42 Å². The van der Waals surface area contributed by atoms with Crippen molar-refractivity contribution in [1.29, 1.82) is 0 Å². The maximum atomic E-state index is 13.1. The molecule has 6 nitrogen and oxygen atoms in total. The van der Waals surface area contributed by atoms with Crippen molar-refractivity contribution < 1.29 is 8.81 Å². The molecular formula is C17H20FN5O. The van der Waals surface area contributed by atoms with E-state index in [4.69, 9.17) is 4.42 Å². The molecule has 7 heteroatoms. The lowest BCUT2D eigenvalue weighted by Gasteiger charge is -2.17. The lowest BCUT2D eigenvalue weighted by atomic mass is 10.1. The van der Waals surface area contributed by atoms with Crippen LogP contribution in [0.2, 0.25) is 0 Å². The predicted molar refractivity (Wildman–Crippen MR) is 87.3 cm³/mol. The number of hydrogen-bond donors (Lipinski definition) is 1. The molecule has 0 aliphatic carbocycles. The highest BCUT2D eigenvalue weighted by atomic mass is 19.1. The fourth-order valence-electron chi connectivity index (χ4n) is 2.71. The van der Waals surface area contributed by atoms with Crippen LogP contribution in [0.25, 0.3) is 5.69 Å².